The summed E-state index contributed by atoms with van der Waals surface area (Å²) in [5.74, 6) is 0.957. The van der Waals surface area contributed by atoms with Crippen molar-refractivity contribution < 1.29 is 4.52 Å². The Morgan fingerprint density at radius 3 is 2.44 bits per heavy atom. The van der Waals surface area contributed by atoms with Gasteiger partial charge >= 0.3 is 0 Å². The molecule has 0 radical (unpaired) electrons. The molecular weight excluding hydrogens is 131 g/mol. The van der Waals surface area contributed by atoms with Crippen LogP contribution in [0.25, 0.3) is 0 Å². The minimum absolute atomic E-state index is 0.535. The van der Waals surface area contributed by atoms with Gasteiger partial charge in [-0.2, -0.15) is 0 Å². The normalized spacial score (nSPS) is 10.3. The van der Waals surface area contributed by atoms with Crippen molar-refractivity contribution in [3.05, 3.63) is 30.3 Å². The van der Waals surface area contributed by atoms with Crippen molar-refractivity contribution in [3.63, 3.8) is 0 Å². The third kappa shape index (κ3) is 2.03. The lowest BCUT2D eigenvalue weighted by molar-refractivity contribution is 0.635. The molecule has 2 heteroatoms. The van der Waals surface area contributed by atoms with Crippen LogP contribution in [0.2, 0.25) is 0 Å². The van der Waals surface area contributed by atoms with Crippen LogP contribution in [0.1, 0.15) is 0 Å². The van der Waals surface area contributed by atoms with E-state index in [2.05, 4.69) is 0 Å². The van der Waals surface area contributed by atoms with Crippen molar-refractivity contribution in [2.24, 2.45) is 0 Å². The molecule has 0 heterocycles. The van der Waals surface area contributed by atoms with Gasteiger partial charge in [0.2, 0.25) is 0 Å². The summed E-state index contributed by atoms with van der Waals surface area (Å²) in [7, 11) is 0.535. The van der Waals surface area contributed by atoms with E-state index < -0.39 is 0 Å². The van der Waals surface area contributed by atoms with Crippen LogP contribution in [0.5, 0.6) is 5.75 Å². The van der Waals surface area contributed by atoms with E-state index >= 15 is 0 Å². The molecule has 0 aliphatic heterocycles. The van der Waals surface area contributed by atoms with Gasteiger partial charge in [-0.15, -0.1) is 0 Å². The van der Waals surface area contributed by atoms with E-state index in [1.165, 1.54) is 0 Å². The van der Waals surface area contributed by atoms with Crippen molar-refractivity contribution in [3.8, 4) is 5.75 Å². The van der Waals surface area contributed by atoms with Gasteiger partial charge in [-0.3, -0.25) is 0 Å². The quantitative estimate of drug-likeness (QED) is 0.572. The van der Waals surface area contributed by atoms with Crippen LogP contribution in [-0.2, 0) is 0 Å². The van der Waals surface area contributed by atoms with Crippen LogP contribution in [-0.4, -0.2) is 6.66 Å². The summed E-state index contributed by atoms with van der Waals surface area (Å²) < 4.78 is 5.23. The number of rotatable bonds is 2. The van der Waals surface area contributed by atoms with E-state index in [1.807, 2.05) is 37.0 Å². The van der Waals surface area contributed by atoms with Crippen LogP contribution in [0.3, 0.4) is 0 Å². The summed E-state index contributed by atoms with van der Waals surface area (Å²) in [5, 5.41) is 0. The molecule has 1 nitrogen and oxygen atoms in total. The lowest BCUT2D eigenvalue weighted by Crippen LogP contribution is -1.73. The van der Waals surface area contributed by atoms with E-state index in [9.17, 15) is 0 Å². The molecule has 0 aliphatic carbocycles. The first-order valence-electron chi connectivity index (χ1n) is 2.82. The summed E-state index contributed by atoms with van der Waals surface area (Å²) in [5.41, 5.74) is 0. The monoisotopic (exact) mass is 140 g/mol. The summed E-state index contributed by atoms with van der Waals surface area (Å²) in [6.07, 6.45) is 0. The van der Waals surface area contributed by atoms with Crippen LogP contribution >= 0.6 is 8.81 Å². The zero-order valence-electron chi connectivity index (χ0n) is 5.29. The van der Waals surface area contributed by atoms with Crippen LogP contribution < -0.4 is 4.52 Å². The SMILES string of the molecule is CPOc1ccccc1. The highest BCUT2D eigenvalue weighted by Gasteiger charge is 1.84. The van der Waals surface area contributed by atoms with E-state index in [0.717, 1.165) is 5.75 Å². The highest BCUT2D eigenvalue weighted by atomic mass is 31.1. The molecule has 48 valence electrons. The van der Waals surface area contributed by atoms with Crippen molar-refractivity contribution in [1.29, 1.82) is 0 Å². The number of hydrogen-bond acceptors (Lipinski definition) is 1. The average Bonchev–Trinajstić information content (AvgIpc) is 1.91. The molecule has 0 N–H and O–H groups in total. The van der Waals surface area contributed by atoms with Crippen LogP contribution in [0.4, 0.5) is 0 Å². The highest BCUT2D eigenvalue weighted by molar-refractivity contribution is 7.31. The summed E-state index contributed by atoms with van der Waals surface area (Å²) >= 11 is 0. The molecule has 1 unspecified atom stereocenters. The molecule has 0 bridgehead atoms. The fraction of sp³-hybridized carbons (Fsp3) is 0.143. The molecule has 0 aliphatic rings. The van der Waals surface area contributed by atoms with Gasteiger partial charge in [-0.05, 0) is 18.8 Å². The maximum Gasteiger partial charge on any atom is 0.122 e. The lowest BCUT2D eigenvalue weighted by Gasteiger charge is -1.98. The molecule has 0 spiro atoms. The molecule has 0 amide bonds. The van der Waals surface area contributed by atoms with Crippen LogP contribution in [0, 0.1) is 0 Å². The minimum atomic E-state index is 0.535. The van der Waals surface area contributed by atoms with Gasteiger partial charge in [-0.25, -0.2) is 0 Å². The zero-order chi connectivity index (χ0) is 6.53. The van der Waals surface area contributed by atoms with Gasteiger partial charge in [0.15, 0.2) is 0 Å². The third-order valence-corrected chi connectivity index (χ3v) is 1.40. The van der Waals surface area contributed by atoms with Crippen LogP contribution in [0.15, 0.2) is 30.3 Å². The molecule has 1 atom stereocenters. The number of hydrogen-bond donors (Lipinski definition) is 0. The maximum atomic E-state index is 5.23. The van der Waals surface area contributed by atoms with E-state index in [-0.39, 0.29) is 0 Å². The first-order chi connectivity index (χ1) is 4.43. The summed E-state index contributed by atoms with van der Waals surface area (Å²) in [4.78, 5) is 0. The first kappa shape index (κ1) is 6.57. The Kier molecular flexibility index (Phi) is 2.53. The fourth-order valence-electron chi connectivity index (χ4n) is 0.606. The largest absolute Gasteiger partial charge is 0.477 e. The molecule has 1 rings (SSSR count). The van der Waals surface area contributed by atoms with E-state index in [0.29, 0.717) is 8.81 Å². The van der Waals surface area contributed by atoms with Gasteiger partial charge in [0.05, 0.1) is 8.81 Å². The Bertz CT molecular complexity index is 162. The molecule has 0 saturated carbocycles. The van der Waals surface area contributed by atoms with Gasteiger partial charge in [0.25, 0.3) is 0 Å². The Hall–Kier alpha value is -0.550. The molecule has 0 fully saturated rings. The average molecular weight is 140 g/mol. The van der Waals surface area contributed by atoms with Crippen molar-refractivity contribution in [2.75, 3.05) is 6.66 Å². The lowest BCUT2D eigenvalue weighted by atomic mass is 10.3. The summed E-state index contributed by atoms with van der Waals surface area (Å²) in [6, 6.07) is 9.82. The maximum absolute atomic E-state index is 5.23. The molecule has 0 aromatic heterocycles. The summed E-state index contributed by atoms with van der Waals surface area (Å²) in [6.45, 7) is 2.01. The molecule has 9 heavy (non-hydrogen) atoms. The Balaban J connectivity index is 2.61. The van der Waals surface area contributed by atoms with Gasteiger partial charge < -0.3 is 4.52 Å². The van der Waals surface area contributed by atoms with Gasteiger partial charge in [0, 0.05) is 0 Å². The second-order valence-corrected chi connectivity index (χ2v) is 2.23. The predicted octanol–water partition coefficient (Wildman–Crippen LogP) is 2.29. The molecule has 0 saturated heterocycles. The minimum Gasteiger partial charge on any atom is -0.477 e. The smallest absolute Gasteiger partial charge is 0.122 e. The van der Waals surface area contributed by atoms with Gasteiger partial charge in [0.1, 0.15) is 5.75 Å². The fourth-order valence-corrected chi connectivity index (χ4v) is 0.978. The molecule has 1 aromatic rings. The topological polar surface area (TPSA) is 9.23 Å². The van der Waals surface area contributed by atoms with Gasteiger partial charge in [-0.1, -0.05) is 18.2 Å². The Labute approximate surface area is 56.9 Å². The van der Waals surface area contributed by atoms with Crippen molar-refractivity contribution in [2.45, 2.75) is 0 Å². The second-order valence-electron chi connectivity index (χ2n) is 1.62. The molecular formula is C7H9OP. The Morgan fingerprint density at radius 2 is 1.89 bits per heavy atom. The van der Waals surface area contributed by atoms with E-state index in [1.54, 1.807) is 0 Å². The third-order valence-electron chi connectivity index (χ3n) is 0.963. The highest BCUT2D eigenvalue weighted by Crippen LogP contribution is 2.15. The first-order valence-corrected chi connectivity index (χ1v) is 4.23. The number of para-hydroxylation sites is 1. The van der Waals surface area contributed by atoms with E-state index in [4.69, 9.17) is 4.52 Å². The number of benzene rings is 1. The predicted molar refractivity (Wildman–Crippen MR) is 41.3 cm³/mol. The Morgan fingerprint density at radius 1 is 1.22 bits per heavy atom. The molecule has 1 aromatic carbocycles. The standard InChI is InChI=1S/C7H9OP/c1-9-8-7-5-3-2-4-6-7/h2-6,9H,1H3. The zero-order valence-corrected chi connectivity index (χ0v) is 6.29. The second kappa shape index (κ2) is 3.47. The van der Waals surface area contributed by atoms with Crippen molar-refractivity contribution >= 4 is 8.81 Å². The van der Waals surface area contributed by atoms with Crippen molar-refractivity contribution in [1.82, 2.24) is 0 Å².